The van der Waals surface area contributed by atoms with Gasteiger partial charge in [-0.05, 0) is 42.5 Å². The fraction of sp³-hybridized carbons (Fsp3) is 0.111. The lowest BCUT2D eigenvalue weighted by atomic mass is 10.1. The van der Waals surface area contributed by atoms with Crippen molar-refractivity contribution in [2.75, 3.05) is 12.4 Å². The molecule has 0 unspecified atom stereocenters. The van der Waals surface area contributed by atoms with Crippen LogP contribution in [0.3, 0.4) is 0 Å². The standard InChI is InChI=1S/C18H13F3N2O3/c1-25-14-7-5-11(6-8-14)16-15(10-22-26-16)17(24)23-13-4-2-3-12(9-13)18(19,20)21/h2-10H,1H3,(H,23,24). The highest BCUT2D eigenvalue weighted by Gasteiger charge is 2.30. The van der Waals surface area contributed by atoms with E-state index in [1.165, 1.54) is 25.4 Å². The Morgan fingerprint density at radius 2 is 1.88 bits per heavy atom. The Hall–Kier alpha value is -3.29. The molecular weight excluding hydrogens is 349 g/mol. The number of anilines is 1. The van der Waals surface area contributed by atoms with E-state index in [1.54, 1.807) is 24.3 Å². The highest BCUT2D eigenvalue weighted by atomic mass is 19.4. The maximum Gasteiger partial charge on any atom is 0.416 e. The summed E-state index contributed by atoms with van der Waals surface area (Å²) in [4.78, 5) is 12.4. The molecule has 0 saturated heterocycles. The predicted molar refractivity (Wildman–Crippen MR) is 87.9 cm³/mol. The van der Waals surface area contributed by atoms with Crippen LogP contribution in [0.2, 0.25) is 0 Å². The van der Waals surface area contributed by atoms with E-state index >= 15 is 0 Å². The number of benzene rings is 2. The summed E-state index contributed by atoms with van der Waals surface area (Å²) < 4.78 is 48.5. The van der Waals surface area contributed by atoms with Crippen molar-refractivity contribution in [3.63, 3.8) is 0 Å². The molecule has 0 saturated carbocycles. The van der Waals surface area contributed by atoms with Crippen molar-refractivity contribution >= 4 is 11.6 Å². The number of hydrogen-bond acceptors (Lipinski definition) is 4. The van der Waals surface area contributed by atoms with Crippen molar-refractivity contribution in [1.29, 1.82) is 0 Å². The van der Waals surface area contributed by atoms with Gasteiger partial charge >= 0.3 is 6.18 Å². The molecular formula is C18H13F3N2O3. The average molecular weight is 362 g/mol. The van der Waals surface area contributed by atoms with Crippen LogP contribution in [0.1, 0.15) is 15.9 Å². The number of nitrogens with zero attached hydrogens (tertiary/aromatic N) is 1. The molecule has 3 aromatic rings. The van der Waals surface area contributed by atoms with Gasteiger partial charge in [0.25, 0.3) is 5.91 Å². The van der Waals surface area contributed by atoms with Crippen LogP contribution in [0.5, 0.6) is 5.75 Å². The third-order valence-corrected chi connectivity index (χ3v) is 3.62. The number of alkyl halides is 3. The maximum atomic E-state index is 12.8. The topological polar surface area (TPSA) is 64.4 Å². The molecule has 1 heterocycles. The van der Waals surface area contributed by atoms with Gasteiger partial charge < -0.3 is 14.6 Å². The molecule has 0 bridgehead atoms. The average Bonchev–Trinajstić information content (AvgIpc) is 3.11. The molecule has 26 heavy (non-hydrogen) atoms. The van der Waals surface area contributed by atoms with E-state index in [-0.39, 0.29) is 17.0 Å². The predicted octanol–water partition coefficient (Wildman–Crippen LogP) is 4.62. The summed E-state index contributed by atoms with van der Waals surface area (Å²) in [6, 6.07) is 11.1. The van der Waals surface area contributed by atoms with E-state index in [1.807, 2.05) is 0 Å². The van der Waals surface area contributed by atoms with Crippen molar-refractivity contribution in [2.45, 2.75) is 6.18 Å². The van der Waals surface area contributed by atoms with Gasteiger partial charge in [0, 0.05) is 11.3 Å². The summed E-state index contributed by atoms with van der Waals surface area (Å²) >= 11 is 0. The minimum atomic E-state index is -4.49. The molecule has 8 heteroatoms. The molecule has 0 aliphatic carbocycles. The van der Waals surface area contributed by atoms with E-state index in [0.717, 1.165) is 12.1 Å². The number of rotatable bonds is 4. The molecule has 1 aromatic heterocycles. The normalized spacial score (nSPS) is 11.2. The number of amides is 1. The van der Waals surface area contributed by atoms with Crippen LogP contribution in [-0.2, 0) is 6.18 Å². The molecule has 0 aliphatic heterocycles. The van der Waals surface area contributed by atoms with Gasteiger partial charge in [-0.3, -0.25) is 4.79 Å². The summed E-state index contributed by atoms with van der Waals surface area (Å²) in [5.41, 5.74) is -0.146. The van der Waals surface area contributed by atoms with Crippen LogP contribution < -0.4 is 10.1 Å². The minimum Gasteiger partial charge on any atom is -0.497 e. The van der Waals surface area contributed by atoms with Gasteiger partial charge in [-0.25, -0.2) is 0 Å². The van der Waals surface area contributed by atoms with Crippen molar-refractivity contribution in [1.82, 2.24) is 5.16 Å². The van der Waals surface area contributed by atoms with Crippen LogP contribution >= 0.6 is 0 Å². The van der Waals surface area contributed by atoms with Crippen molar-refractivity contribution in [3.05, 3.63) is 65.9 Å². The van der Waals surface area contributed by atoms with Gasteiger partial charge in [0.15, 0.2) is 5.76 Å². The fourth-order valence-electron chi connectivity index (χ4n) is 2.32. The molecule has 0 atom stereocenters. The number of ether oxygens (including phenoxy) is 1. The van der Waals surface area contributed by atoms with Crippen LogP contribution in [-0.4, -0.2) is 18.2 Å². The van der Waals surface area contributed by atoms with E-state index in [2.05, 4.69) is 10.5 Å². The lowest BCUT2D eigenvalue weighted by Gasteiger charge is -2.09. The molecule has 0 aliphatic rings. The van der Waals surface area contributed by atoms with Gasteiger partial charge in [-0.15, -0.1) is 0 Å². The minimum absolute atomic E-state index is 0.0201. The first-order valence-corrected chi connectivity index (χ1v) is 7.46. The number of nitrogens with one attached hydrogen (secondary N) is 1. The van der Waals surface area contributed by atoms with E-state index in [4.69, 9.17) is 9.26 Å². The van der Waals surface area contributed by atoms with Crippen molar-refractivity contribution < 1.29 is 27.2 Å². The van der Waals surface area contributed by atoms with Crippen molar-refractivity contribution in [3.8, 4) is 17.1 Å². The van der Waals surface area contributed by atoms with E-state index < -0.39 is 17.6 Å². The Labute approximate surface area is 146 Å². The fourth-order valence-corrected chi connectivity index (χ4v) is 2.32. The monoisotopic (exact) mass is 362 g/mol. The zero-order valence-corrected chi connectivity index (χ0v) is 13.5. The highest BCUT2D eigenvalue weighted by molar-refractivity contribution is 6.07. The van der Waals surface area contributed by atoms with E-state index in [9.17, 15) is 18.0 Å². The number of carbonyl (C=O) groups is 1. The van der Waals surface area contributed by atoms with Crippen LogP contribution in [0, 0.1) is 0 Å². The van der Waals surface area contributed by atoms with Gasteiger partial charge in [0.05, 0.1) is 18.9 Å². The molecule has 5 nitrogen and oxygen atoms in total. The Bertz CT molecular complexity index is 918. The molecule has 0 radical (unpaired) electrons. The number of hydrogen-bond donors (Lipinski definition) is 1. The van der Waals surface area contributed by atoms with Crippen LogP contribution in [0.4, 0.5) is 18.9 Å². The summed E-state index contributed by atoms with van der Waals surface area (Å²) in [6.45, 7) is 0. The molecule has 3 rings (SSSR count). The van der Waals surface area contributed by atoms with Gasteiger partial charge in [-0.2, -0.15) is 13.2 Å². The maximum absolute atomic E-state index is 12.8. The van der Waals surface area contributed by atoms with Gasteiger partial charge in [0.1, 0.15) is 11.3 Å². The van der Waals surface area contributed by atoms with Gasteiger partial charge in [0.2, 0.25) is 0 Å². The Morgan fingerprint density at radius 3 is 2.54 bits per heavy atom. The second-order valence-electron chi connectivity index (χ2n) is 5.33. The Balaban J connectivity index is 1.84. The quantitative estimate of drug-likeness (QED) is 0.735. The third-order valence-electron chi connectivity index (χ3n) is 3.62. The molecule has 1 N–H and O–H groups in total. The second-order valence-corrected chi connectivity index (χ2v) is 5.33. The summed E-state index contributed by atoms with van der Waals surface area (Å²) in [7, 11) is 1.53. The van der Waals surface area contributed by atoms with E-state index in [0.29, 0.717) is 11.3 Å². The summed E-state index contributed by atoms with van der Waals surface area (Å²) in [6.07, 6.45) is -3.28. The Kier molecular flexibility index (Phi) is 4.66. The molecule has 1 amide bonds. The first-order chi connectivity index (χ1) is 12.4. The highest BCUT2D eigenvalue weighted by Crippen LogP contribution is 2.31. The smallest absolute Gasteiger partial charge is 0.416 e. The number of carbonyl (C=O) groups excluding carboxylic acids is 1. The number of halogens is 3. The summed E-state index contributed by atoms with van der Waals surface area (Å²) in [5.74, 6) is 0.205. The van der Waals surface area contributed by atoms with Crippen LogP contribution in [0.15, 0.2) is 59.3 Å². The SMILES string of the molecule is COc1ccc(-c2oncc2C(=O)Nc2cccc(C(F)(F)F)c2)cc1. The zero-order chi connectivity index (χ0) is 18.7. The molecule has 0 fully saturated rings. The first kappa shape index (κ1) is 17.5. The lowest BCUT2D eigenvalue weighted by Crippen LogP contribution is -2.13. The number of methoxy groups -OCH3 is 1. The van der Waals surface area contributed by atoms with Crippen molar-refractivity contribution in [2.24, 2.45) is 0 Å². The molecule has 0 spiro atoms. The largest absolute Gasteiger partial charge is 0.497 e. The second kappa shape index (κ2) is 6.91. The Morgan fingerprint density at radius 1 is 1.15 bits per heavy atom. The molecule has 2 aromatic carbocycles. The number of aromatic nitrogens is 1. The van der Waals surface area contributed by atoms with Gasteiger partial charge in [-0.1, -0.05) is 11.2 Å². The first-order valence-electron chi connectivity index (χ1n) is 7.46. The third kappa shape index (κ3) is 3.69. The zero-order valence-electron chi connectivity index (χ0n) is 13.5. The van der Waals surface area contributed by atoms with Crippen LogP contribution in [0.25, 0.3) is 11.3 Å². The lowest BCUT2D eigenvalue weighted by molar-refractivity contribution is -0.137. The summed E-state index contributed by atoms with van der Waals surface area (Å²) in [5, 5.41) is 6.04. The molecule has 134 valence electrons.